The minimum atomic E-state index is -0.734. The third-order valence-electron chi connectivity index (χ3n) is 12.2. The highest BCUT2D eigenvalue weighted by atomic mass is 32.1. The average molecular weight is 893 g/mol. The monoisotopic (exact) mass is 892 g/mol. The lowest BCUT2D eigenvalue weighted by Gasteiger charge is -2.28. The van der Waals surface area contributed by atoms with E-state index in [0.717, 1.165) is 105 Å². The molecule has 2 fully saturated rings. The van der Waals surface area contributed by atoms with Gasteiger partial charge < -0.3 is 20.4 Å². The second-order valence-electron chi connectivity index (χ2n) is 16.7. The van der Waals surface area contributed by atoms with Crippen LogP contribution in [0.4, 0.5) is 0 Å². The van der Waals surface area contributed by atoms with Crippen LogP contribution in [-0.2, 0) is 19.2 Å². The average Bonchev–Trinajstić information content (AvgIpc) is 4.19. The van der Waals surface area contributed by atoms with Crippen LogP contribution in [0.5, 0.6) is 0 Å². The molecule has 0 unspecified atom stereocenters. The lowest BCUT2D eigenvalue weighted by atomic mass is 10.0. The minimum Gasteiger partial charge on any atom is -0.341 e. The molecule has 4 aromatic carbocycles. The van der Waals surface area contributed by atoms with E-state index in [-0.39, 0.29) is 35.7 Å². The molecular weight excluding hydrogens is 837 g/mol. The van der Waals surface area contributed by atoms with Crippen molar-refractivity contribution >= 4 is 46.3 Å². The van der Waals surface area contributed by atoms with Crippen molar-refractivity contribution in [2.45, 2.75) is 102 Å². The van der Waals surface area contributed by atoms with Gasteiger partial charge in [0.2, 0.25) is 23.6 Å². The maximum atomic E-state index is 14.2. The standard InChI is InChI=1S/C52H56N6O4S2/c1-3-5-21-45(59)55-47(39-15-9-7-10-16-39)51(61)57-31-13-19-41(57)49-53-33-43(63-49)37-27-23-35(24-28-37)36-25-29-38(30-26-36)44-34-54-50(64-44)42-20-14-32-58(42)52(62)48(40-17-11-8-12-18-40)56-46(60)22-6-4-2/h7-12,15-18,23-30,33-34,41-42,47-48H,3-6,13-14,19-22,31-32H2,1-2H3,(H,55,59)(H,56,60)/t41-,42-,47+,48+/m0/s1. The molecule has 2 N–H and O–H groups in total. The number of amides is 4. The predicted octanol–water partition coefficient (Wildman–Crippen LogP) is 11.0. The molecule has 330 valence electrons. The number of benzene rings is 4. The molecule has 4 atom stereocenters. The molecule has 2 aliphatic heterocycles. The first-order valence-electron chi connectivity index (χ1n) is 22.7. The molecule has 0 aliphatic carbocycles. The van der Waals surface area contributed by atoms with Gasteiger partial charge in [-0.15, -0.1) is 22.7 Å². The Morgan fingerprint density at radius 3 is 1.31 bits per heavy atom. The van der Waals surface area contributed by atoms with Gasteiger partial charge >= 0.3 is 0 Å². The zero-order valence-electron chi connectivity index (χ0n) is 36.6. The molecule has 0 spiro atoms. The van der Waals surface area contributed by atoms with Crippen LogP contribution in [0, 0.1) is 0 Å². The summed E-state index contributed by atoms with van der Waals surface area (Å²) in [6, 6.07) is 34.3. The number of likely N-dealkylation sites (tertiary alicyclic amines) is 2. The van der Waals surface area contributed by atoms with Gasteiger partial charge in [-0.25, -0.2) is 9.97 Å². The number of carbonyl (C=O) groups excluding carboxylic acids is 4. The van der Waals surface area contributed by atoms with Crippen LogP contribution in [0.25, 0.3) is 32.0 Å². The van der Waals surface area contributed by atoms with Gasteiger partial charge in [0, 0.05) is 38.3 Å². The molecule has 12 heteroatoms. The first kappa shape index (κ1) is 44.6. The Morgan fingerprint density at radius 1 is 0.562 bits per heavy atom. The molecule has 10 nitrogen and oxygen atoms in total. The lowest BCUT2D eigenvalue weighted by molar-refractivity contribution is -0.137. The summed E-state index contributed by atoms with van der Waals surface area (Å²) in [6.07, 6.45) is 11.4. The maximum Gasteiger partial charge on any atom is 0.250 e. The molecule has 2 aliphatic rings. The summed E-state index contributed by atoms with van der Waals surface area (Å²) in [7, 11) is 0. The molecule has 6 aromatic rings. The van der Waals surface area contributed by atoms with Gasteiger partial charge in [-0.2, -0.15) is 0 Å². The molecule has 8 rings (SSSR count). The fraction of sp³-hybridized carbons (Fsp3) is 0.346. The second kappa shape index (κ2) is 21.1. The topological polar surface area (TPSA) is 125 Å². The Kier molecular flexibility index (Phi) is 14.7. The highest BCUT2D eigenvalue weighted by Gasteiger charge is 2.38. The van der Waals surface area contributed by atoms with Crippen molar-refractivity contribution in [3.8, 4) is 32.0 Å². The lowest BCUT2D eigenvalue weighted by Crippen LogP contribution is -2.42. The number of hydrogen-bond acceptors (Lipinski definition) is 8. The number of unbranched alkanes of at least 4 members (excludes halogenated alkanes) is 2. The maximum absolute atomic E-state index is 14.2. The van der Waals surface area contributed by atoms with Gasteiger partial charge in [0.1, 0.15) is 22.1 Å². The molecule has 0 radical (unpaired) electrons. The normalized spacial score (nSPS) is 17.0. The molecule has 2 saturated heterocycles. The van der Waals surface area contributed by atoms with E-state index >= 15 is 0 Å². The second-order valence-corrected chi connectivity index (χ2v) is 18.8. The summed E-state index contributed by atoms with van der Waals surface area (Å²) in [5.74, 6) is -0.392. The number of rotatable bonds is 17. The summed E-state index contributed by atoms with van der Waals surface area (Å²) >= 11 is 3.24. The van der Waals surface area contributed by atoms with Gasteiger partial charge in [-0.05, 0) is 71.9 Å². The first-order chi connectivity index (χ1) is 31.3. The van der Waals surface area contributed by atoms with Crippen LogP contribution in [0.1, 0.15) is 123 Å². The summed E-state index contributed by atoms with van der Waals surface area (Å²) in [5.41, 5.74) is 5.90. The van der Waals surface area contributed by atoms with Gasteiger partial charge in [-0.3, -0.25) is 19.2 Å². The van der Waals surface area contributed by atoms with E-state index in [2.05, 4.69) is 73.0 Å². The van der Waals surface area contributed by atoms with Crippen LogP contribution in [0.15, 0.2) is 122 Å². The van der Waals surface area contributed by atoms with Crippen LogP contribution < -0.4 is 10.6 Å². The molecule has 4 amide bonds. The smallest absolute Gasteiger partial charge is 0.250 e. The number of nitrogens with one attached hydrogen (secondary N) is 2. The van der Waals surface area contributed by atoms with E-state index in [1.165, 1.54) is 0 Å². The Labute approximate surface area is 384 Å². The number of carbonyl (C=O) groups is 4. The van der Waals surface area contributed by atoms with Gasteiger partial charge in [0.15, 0.2) is 0 Å². The van der Waals surface area contributed by atoms with Crippen molar-refractivity contribution in [3.05, 3.63) is 143 Å². The highest BCUT2D eigenvalue weighted by Crippen LogP contribution is 2.41. The molecule has 0 bridgehead atoms. The Balaban J connectivity index is 0.918. The van der Waals surface area contributed by atoms with Crippen molar-refractivity contribution in [1.29, 1.82) is 0 Å². The first-order valence-corrected chi connectivity index (χ1v) is 24.4. The van der Waals surface area contributed by atoms with Gasteiger partial charge in [0.05, 0.1) is 21.8 Å². The van der Waals surface area contributed by atoms with Crippen LogP contribution in [0.3, 0.4) is 0 Å². The fourth-order valence-electron chi connectivity index (χ4n) is 8.72. The Bertz CT molecular complexity index is 2330. The number of aromatic nitrogens is 2. The summed E-state index contributed by atoms with van der Waals surface area (Å²) in [4.78, 5) is 69.6. The predicted molar refractivity (Wildman–Crippen MR) is 255 cm³/mol. The Morgan fingerprint density at radius 2 is 0.938 bits per heavy atom. The van der Waals surface area contributed by atoms with Crippen molar-refractivity contribution in [2.75, 3.05) is 13.1 Å². The van der Waals surface area contributed by atoms with Crippen molar-refractivity contribution < 1.29 is 19.2 Å². The summed E-state index contributed by atoms with van der Waals surface area (Å²) < 4.78 is 0. The number of nitrogens with zero attached hydrogens (tertiary/aromatic N) is 4. The van der Waals surface area contributed by atoms with Crippen LogP contribution in [0.2, 0.25) is 0 Å². The quantitative estimate of drug-likeness (QED) is 0.0940. The fourth-order valence-corrected chi connectivity index (χ4v) is 10.9. The zero-order valence-corrected chi connectivity index (χ0v) is 38.2. The van der Waals surface area contributed by atoms with E-state index in [0.29, 0.717) is 25.9 Å². The minimum absolute atomic E-state index is 0.0909. The van der Waals surface area contributed by atoms with Crippen molar-refractivity contribution in [3.63, 3.8) is 0 Å². The highest BCUT2D eigenvalue weighted by molar-refractivity contribution is 7.15. The van der Waals surface area contributed by atoms with Crippen LogP contribution in [-0.4, -0.2) is 56.5 Å². The third-order valence-corrected chi connectivity index (χ3v) is 14.5. The molecule has 2 aromatic heterocycles. The van der Waals surface area contributed by atoms with E-state index in [4.69, 9.17) is 9.97 Å². The number of thiazole rings is 2. The summed E-state index contributed by atoms with van der Waals surface area (Å²) in [6.45, 7) is 5.36. The van der Waals surface area contributed by atoms with Gasteiger partial charge in [0.25, 0.3) is 0 Å². The van der Waals surface area contributed by atoms with Crippen LogP contribution >= 0.6 is 22.7 Å². The zero-order chi connectivity index (χ0) is 44.4. The van der Waals surface area contributed by atoms with E-state index in [9.17, 15) is 19.2 Å². The molecule has 64 heavy (non-hydrogen) atoms. The largest absolute Gasteiger partial charge is 0.341 e. The van der Waals surface area contributed by atoms with E-state index in [1.54, 1.807) is 22.7 Å². The van der Waals surface area contributed by atoms with E-state index < -0.39 is 12.1 Å². The van der Waals surface area contributed by atoms with Gasteiger partial charge in [-0.1, -0.05) is 136 Å². The van der Waals surface area contributed by atoms with E-state index in [1.807, 2.05) is 82.9 Å². The van der Waals surface area contributed by atoms with Crippen molar-refractivity contribution in [1.82, 2.24) is 30.4 Å². The van der Waals surface area contributed by atoms with Crippen molar-refractivity contribution in [2.24, 2.45) is 0 Å². The molecule has 0 saturated carbocycles. The SMILES string of the molecule is CCCCC(=O)N[C@@H](C(=O)N1CCC[C@H]1c1ncc(-c2ccc(-c3ccc(-c4cnc([C@@H]5CCCN5C(=O)[C@H](NC(=O)CCCC)c5ccccc5)s4)cc3)cc2)s1)c1ccccc1. The summed E-state index contributed by atoms with van der Waals surface area (Å²) in [5, 5.41) is 7.89. The molecule has 4 heterocycles. The number of hydrogen-bond donors (Lipinski definition) is 2. The molecular formula is C52H56N6O4S2. The third kappa shape index (κ3) is 10.3. The Hall–Kier alpha value is -5.98.